The molecule has 0 radical (unpaired) electrons. The summed E-state index contributed by atoms with van der Waals surface area (Å²) in [6.07, 6.45) is 2.11. The number of carbonyl (C=O) groups is 1. The SMILES string of the molecule is CC(NC(=O)OCc1ccccn1)(c1ccccc1)C1CC(Cc2ccccc2)=NO1. The van der Waals surface area contributed by atoms with Gasteiger partial charge in [-0.05, 0) is 30.2 Å². The van der Waals surface area contributed by atoms with Gasteiger partial charge in [0.1, 0.15) is 12.1 Å². The van der Waals surface area contributed by atoms with E-state index in [4.69, 9.17) is 9.57 Å². The summed E-state index contributed by atoms with van der Waals surface area (Å²) in [4.78, 5) is 22.7. The summed E-state index contributed by atoms with van der Waals surface area (Å²) >= 11 is 0. The molecule has 0 fully saturated rings. The van der Waals surface area contributed by atoms with Crippen molar-refractivity contribution in [3.8, 4) is 0 Å². The van der Waals surface area contributed by atoms with Crippen molar-refractivity contribution in [2.75, 3.05) is 0 Å². The number of oxime groups is 1. The maximum absolute atomic E-state index is 12.7. The van der Waals surface area contributed by atoms with Gasteiger partial charge in [-0.3, -0.25) is 4.98 Å². The van der Waals surface area contributed by atoms with Crippen LogP contribution in [0.1, 0.15) is 30.2 Å². The van der Waals surface area contributed by atoms with Crippen molar-refractivity contribution in [3.05, 3.63) is 102 Å². The number of amides is 1. The lowest BCUT2D eigenvalue weighted by atomic mass is 9.83. The van der Waals surface area contributed by atoms with Gasteiger partial charge in [-0.1, -0.05) is 71.9 Å². The fourth-order valence-electron chi connectivity index (χ4n) is 3.67. The Kier molecular flexibility index (Phi) is 6.26. The number of aromatic nitrogens is 1. The molecule has 2 atom stereocenters. The lowest BCUT2D eigenvalue weighted by Crippen LogP contribution is -2.52. The van der Waals surface area contributed by atoms with Crippen molar-refractivity contribution >= 4 is 11.8 Å². The largest absolute Gasteiger partial charge is 0.443 e. The van der Waals surface area contributed by atoms with Crippen LogP contribution < -0.4 is 5.32 Å². The molecule has 6 nitrogen and oxygen atoms in total. The third-order valence-electron chi connectivity index (χ3n) is 5.44. The Morgan fingerprint density at radius 1 is 1.06 bits per heavy atom. The van der Waals surface area contributed by atoms with Crippen molar-refractivity contribution in [3.63, 3.8) is 0 Å². The minimum absolute atomic E-state index is 0.0961. The quantitative estimate of drug-likeness (QED) is 0.612. The molecule has 0 bridgehead atoms. The summed E-state index contributed by atoms with van der Waals surface area (Å²) in [6.45, 7) is 2.04. The molecule has 0 saturated carbocycles. The molecule has 3 aromatic rings. The Morgan fingerprint density at radius 2 is 1.77 bits per heavy atom. The van der Waals surface area contributed by atoms with Gasteiger partial charge in [0.15, 0.2) is 6.10 Å². The molecule has 0 spiro atoms. The molecule has 1 N–H and O–H groups in total. The van der Waals surface area contributed by atoms with E-state index in [-0.39, 0.29) is 12.7 Å². The Balaban J connectivity index is 1.46. The second-order valence-electron chi connectivity index (χ2n) is 7.71. The Bertz CT molecular complexity index is 1030. The molecular weight excluding hydrogens is 390 g/mol. The zero-order valence-electron chi connectivity index (χ0n) is 17.4. The van der Waals surface area contributed by atoms with Crippen LogP contribution in [-0.2, 0) is 28.1 Å². The predicted molar refractivity (Wildman–Crippen MR) is 118 cm³/mol. The van der Waals surface area contributed by atoms with Crippen molar-refractivity contribution < 1.29 is 14.4 Å². The first-order valence-electron chi connectivity index (χ1n) is 10.3. The molecule has 0 saturated heterocycles. The first kappa shape index (κ1) is 20.6. The van der Waals surface area contributed by atoms with Crippen molar-refractivity contribution in [2.45, 2.75) is 38.0 Å². The van der Waals surface area contributed by atoms with E-state index in [0.717, 1.165) is 11.3 Å². The Hall–Kier alpha value is -3.67. The third kappa shape index (κ3) is 5.09. The van der Waals surface area contributed by atoms with E-state index in [1.54, 1.807) is 6.20 Å². The van der Waals surface area contributed by atoms with E-state index in [2.05, 4.69) is 27.6 Å². The molecule has 2 aromatic carbocycles. The second-order valence-corrected chi connectivity index (χ2v) is 7.71. The lowest BCUT2D eigenvalue weighted by Gasteiger charge is -2.34. The molecule has 31 heavy (non-hydrogen) atoms. The maximum Gasteiger partial charge on any atom is 0.408 e. The molecule has 2 heterocycles. The van der Waals surface area contributed by atoms with Crippen molar-refractivity contribution in [1.82, 2.24) is 10.3 Å². The molecule has 2 unspecified atom stereocenters. The molecule has 1 amide bonds. The number of rotatable bonds is 7. The van der Waals surface area contributed by atoms with Gasteiger partial charge < -0.3 is 14.9 Å². The van der Waals surface area contributed by atoms with Crippen molar-refractivity contribution in [2.24, 2.45) is 5.16 Å². The number of alkyl carbamates (subject to hydrolysis) is 1. The van der Waals surface area contributed by atoms with Crippen LogP contribution in [0.25, 0.3) is 0 Å². The summed E-state index contributed by atoms with van der Waals surface area (Å²) in [5, 5.41) is 7.34. The third-order valence-corrected chi connectivity index (χ3v) is 5.44. The normalized spacial score (nSPS) is 17.2. The molecule has 0 aliphatic carbocycles. The standard InChI is InChI=1S/C25H25N3O3/c1-25(20-12-6-3-7-13-20,27-24(29)30-18-21-14-8-9-15-26-21)23-17-22(28-31-23)16-19-10-4-2-5-11-19/h2-15,23H,16-18H2,1H3,(H,27,29). The molecule has 4 rings (SSSR count). The van der Waals surface area contributed by atoms with E-state index in [9.17, 15) is 4.79 Å². The van der Waals surface area contributed by atoms with Crippen LogP contribution in [-0.4, -0.2) is 22.9 Å². The number of benzene rings is 2. The average molecular weight is 415 g/mol. The van der Waals surface area contributed by atoms with Gasteiger partial charge in [-0.15, -0.1) is 0 Å². The number of carbonyl (C=O) groups excluding carboxylic acids is 1. The molecular formula is C25H25N3O3. The maximum atomic E-state index is 12.7. The van der Waals surface area contributed by atoms with Gasteiger partial charge >= 0.3 is 6.09 Å². The monoisotopic (exact) mass is 415 g/mol. The number of ether oxygens (including phenoxy) is 1. The molecule has 1 aromatic heterocycles. The first-order valence-corrected chi connectivity index (χ1v) is 10.3. The predicted octanol–water partition coefficient (Wildman–Crippen LogP) is 4.61. The van der Waals surface area contributed by atoms with Gasteiger partial charge in [0, 0.05) is 19.0 Å². The van der Waals surface area contributed by atoms with Gasteiger partial charge in [0.05, 0.1) is 11.4 Å². The van der Waals surface area contributed by atoms with E-state index >= 15 is 0 Å². The van der Waals surface area contributed by atoms with Gasteiger partial charge in [-0.25, -0.2) is 4.79 Å². The second kappa shape index (κ2) is 9.43. The summed E-state index contributed by atoms with van der Waals surface area (Å²) in [5.74, 6) is 0. The average Bonchev–Trinajstić information content (AvgIpc) is 3.29. The summed E-state index contributed by atoms with van der Waals surface area (Å²) in [5.41, 5.74) is 2.91. The molecule has 1 aliphatic heterocycles. The van der Waals surface area contributed by atoms with Crippen molar-refractivity contribution in [1.29, 1.82) is 0 Å². The van der Waals surface area contributed by atoms with Crippen LogP contribution in [0.5, 0.6) is 0 Å². The minimum atomic E-state index is -0.815. The zero-order chi connectivity index (χ0) is 21.5. The van der Waals surface area contributed by atoms with Crippen LogP contribution in [0.2, 0.25) is 0 Å². The topological polar surface area (TPSA) is 72.8 Å². The van der Waals surface area contributed by atoms with Crippen LogP contribution in [0.4, 0.5) is 4.79 Å². The van der Waals surface area contributed by atoms with E-state index < -0.39 is 11.6 Å². The van der Waals surface area contributed by atoms with Crippen LogP contribution in [0.15, 0.2) is 90.2 Å². The number of nitrogens with zero attached hydrogens (tertiary/aromatic N) is 2. The van der Waals surface area contributed by atoms with E-state index in [1.165, 1.54) is 5.56 Å². The Labute approximate surface area is 181 Å². The lowest BCUT2D eigenvalue weighted by molar-refractivity contribution is 0.0112. The van der Waals surface area contributed by atoms with Gasteiger partial charge in [0.25, 0.3) is 0 Å². The highest BCUT2D eigenvalue weighted by Gasteiger charge is 2.43. The number of hydrogen-bond donors (Lipinski definition) is 1. The van der Waals surface area contributed by atoms with Crippen LogP contribution in [0, 0.1) is 0 Å². The van der Waals surface area contributed by atoms with Crippen LogP contribution in [0.3, 0.4) is 0 Å². The first-order chi connectivity index (χ1) is 15.1. The number of hydrogen-bond acceptors (Lipinski definition) is 5. The molecule has 6 heteroatoms. The number of pyridine rings is 1. The summed E-state index contributed by atoms with van der Waals surface area (Å²) in [7, 11) is 0. The summed E-state index contributed by atoms with van der Waals surface area (Å²) < 4.78 is 5.42. The Morgan fingerprint density at radius 3 is 2.48 bits per heavy atom. The summed E-state index contributed by atoms with van der Waals surface area (Å²) in [6, 6.07) is 25.4. The zero-order valence-corrected chi connectivity index (χ0v) is 17.4. The highest BCUT2D eigenvalue weighted by Crippen LogP contribution is 2.33. The molecule has 1 aliphatic rings. The highest BCUT2D eigenvalue weighted by atomic mass is 16.6. The number of nitrogens with one attached hydrogen (secondary N) is 1. The van der Waals surface area contributed by atoms with Crippen LogP contribution >= 0.6 is 0 Å². The van der Waals surface area contributed by atoms with E-state index in [1.807, 2.05) is 73.7 Å². The van der Waals surface area contributed by atoms with Gasteiger partial charge in [0.2, 0.25) is 0 Å². The van der Waals surface area contributed by atoms with E-state index in [0.29, 0.717) is 18.5 Å². The minimum Gasteiger partial charge on any atom is -0.443 e. The fourth-order valence-corrected chi connectivity index (χ4v) is 3.67. The molecule has 158 valence electrons. The smallest absolute Gasteiger partial charge is 0.408 e. The highest BCUT2D eigenvalue weighted by molar-refractivity contribution is 5.87. The fraction of sp³-hybridized carbons (Fsp3) is 0.240. The van der Waals surface area contributed by atoms with Gasteiger partial charge in [-0.2, -0.15) is 0 Å².